The van der Waals surface area contributed by atoms with E-state index in [1.165, 1.54) is 11.8 Å². The third-order valence-corrected chi connectivity index (χ3v) is 3.33. The molecular weight excluding hydrogens is 296 g/mol. The van der Waals surface area contributed by atoms with Crippen molar-refractivity contribution in [1.29, 1.82) is 0 Å². The van der Waals surface area contributed by atoms with Crippen molar-refractivity contribution in [2.24, 2.45) is 0 Å². The summed E-state index contributed by atoms with van der Waals surface area (Å²) in [5, 5.41) is 19.2. The number of ether oxygens (including phenoxy) is 1. The van der Waals surface area contributed by atoms with Gasteiger partial charge in [-0.05, 0) is 23.8 Å². The zero-order chi connectivity index (χ0) is 15.1. The van der Waals surface area contributed by atoms with Crippen molar-refractivity contribution in [3.8, 4) is 0 Å². The molecule has 2 heterocycles. The minimum atomic E-state index is -0.621. The average Bonchev–Trinajstić information content (AvgIpc) is 3.12. The Bertz CT molecular complexity index is 584. The second kappa shape index (κ2) is 7.72. The van der Waals surface area contributed by atoms with E-state index in [4.69, 9.17) is 9.15 Å². The van der Waals surface area contributed by atoms with E-state index >= 15 is 0 Å². The van der Waals surface area contributed by atoms with Gasteiger partial charge in [-0.3, -0.25) is 0 Å². The minimum Gasteiger partial charge on any atom is -0.459 e. The summed E-state index contributed by atoms with van der Waals surface area (Å²) in [6.07, 6.45) is 2.08. The molecule has 21 heavy (non-hydrogen) atoms. The Morgan fingerprint density at radius 1 is 1.33 bits per heavy atom. The van der Waals surface area contributed by atoms with Gasteiger partial charge in [0.05, 0.1) is 12.4 Å². The van der Waals surface area contributed by atoms with E-state index in [2.05, 4.69) is 32.6 Å². The van der Waals surface area contributed by atoms with Crippen molar-refractivity contribution in [3.63, 3.8) is 0 Å². The van der Waals surface area contributed by atoms with E-state index in [-0.39, 0.29) is 17.7 Å². The summed E-state index contributed by atoms with van der Waals surface area (Å²) in [6, 6.07) is 0. The van der Waals surface area contributed by atoms with Crippen molar-refractivity contribution in [2.45, 2.75) is 44.2 Å². The van der Waals surface area contributed by atoms with Crippen LogP contribution in [0.3, 0.4) is 0 Å². The van der Waals surface area contributed by atoms with Crippen LogP contribution in [0.4, 0.5) is 0 Å². The fourth-order valence-corrected chi connectivity index (χ4v) is 2.17. The number of esters is 1. The molecule has 0 bridgehead atoms. The van der Waals surface area contributed by atoms with Gasteiger partial charge in [-0.2, -0.15) is 0 Å². The smallest absolute Gasteiger partial charge is 0.396 e. The minimum absolute atomic E-state index is 0.148. The molecule has 0 aliphatic rings. The fourth-order valence-electron chi connectivity index (χ4n) is 1.48. The molecule has 0 aliphatic carbocycles. The SMILES string of the molecule is CCCCn1nnnc1CSc1nnc(C(=O)OCC)o1. The topological polar surface area (TPSA) is 109 Å². The highest BCUT2D eigenvalue weighted by Crippen LogP contribution is 2.20. The Labute approximate surface area is 125 Å². The maximum absolute atomic E-state index is 11.4. The van der Waals surface area contributed by atoms with Crippen LogP contribution in [0.15, 0.2) is 9.64 Å². The first-order valence-electron chi connectivity index (χ1n) is 6.63. The highest BCUT2D eigenvalue weighted by atomic mass is 32.2. The van der Waals surface area contributed by atoms with Crippen molar-refractivity contribution in [3.05, 3.63) is 11.7 Å². The first kappa shape index (κ1) is 15.4. The molecule has 2 aromatic rings. The molecule has 0 saturated carbocycles. The number of carbonyl (C=O) groups excluding carboxylic acids is 1. The Morgan fingerprint density at radius 3 is 2.95 bits per heavy atom. The van der Waals surface area contributed by atoms with Crippen LogP contribution >= 0.6 is 11.8 Å². The monoisotopic (exact) mass is 312 g/mol. The summed E-state index contributed by atoms with van der Waals surface area (Å²) in [5.74, 6) is 0.445. The lowest BCUT2D eigenvalue weighted by atomic mass is 10.3. The summed E-state index contributed by atoms with van der Waals surface area (Å²) in [4.78, 5) is 11.4. The quantitative estimate of drug-likeness (QED) is 0.526. The van der Waals surface area contributed by atoms with Crippen molar-refractivity contribution in [1.82, 2.24) is 30.4 Å². The zero-order valence-corrected chi connectivity index (χ0v) is 12.7. The van der Waals surface area contributed by atoms with Crippen LogP contribution < -0.4 is 0 Å². The van der Waals surface area contributed by atoms with Crippen LogP contribution in [-0.2, 0) is 17.0 Å². The molecule has 2 aromatic heterocycles. The largest absolute Gasteiger partial charge is 0.459 e. The fraction of sp³-hybridized carbons (Fsp3) is 0.636. The van der Waals surface area contributed by atoms with Gasteiger partial charge in [0.1, 0.15) is 0 Å². The number of rotatable bonds is 8. The number of carbonyl (C=O) groups is 1. The number of aryl methyl sites for hydroxylation is 1. The van der Waals surface area contributed by atoms with E-state index in [9.17, 15) is 4.79 Å². The molecule has 0 unspecified atom stereocenters. The van der Waals surface area contributed by atoms with E-state index < -0.39 is 5.97 Å². The van der Waals surface area contributed by atoms with Crippen LogP contribution in [0.1, 0.15) is 43.2 Å². The van der Waals surface area contributed by atoms with E-state index in [1.807, 2.05) is 0 Å². The Balaban J connectivity index is 1.91. The van der Waals surface area contributed by atoms with Gasteiger partial charge in [0.2, 0.25) is 0 Å². The van der Waals surface area contributed by atoms with Gasteiger partial charge < -0.3 is 9.15 Å². The van der Waals surface area contributed by atoms with Crippen LogP contribution in [0.25, 0.3) is 0 Å². The first-order chi connectivity index (χ1) is 10.2. The molecule has 0 saturated heterocycles. The van der Waals surface area contributed by atoms with Crippen molar-refractivity contribution < 1.29 is 13.9 Å². The summed E-state index contributed by atoms with van der Waals surface area (Å²) in [5.41, 5.74) is 0. The second-order valence-corrected chi connectivity index (χ2v) is 4.98. The second-order valence-electron chi connectivity index (χ2n) is 4.05. The van der Waals surface area contributed by atoms with Gasteiger partial charge >= 0.3 is 11.9 Å². The molecule has 0 radical (unpaired) electrons. The molecule has 9 nitrogen and oxygen atoms in total. The molecule has 114 valence electrons. The predicted molar refractivity (Wildman–Crippen MR) is 72.5 cm³/mol. The number of tetrazole rings is 1. The van der Waals surface area contributed by atoms with Gasteiger partial charge in [0.15, 0.2) is 5.82 Å². The number of aromatic nitrogens is 6. The summed E-state index contributed by atoms with van der Waals surface area (Å²) < 4.78 is 11.7. The summed E-state index contributed by atoms with van der Waals surface area (Å²) >= 11 is 1.27. The molecule has 0 N–H and O–H groups in total. The van der Waals surface area contributed by atoms with Gasteiger partial charge in [-0.1, -0.05) is 30.2 Å². The number of thioether (sulfide) groups is 1. The van der Waals surface area contributed by atoms with E-state index in [0.717, 1.165) is 25.2 Å². The average molecular weight is 312 g/mol. The molecule has 0 aliphatic heterocycles. The Morgan fingerprint density at radius 2 is 2.19 bits per heavy atom. The molecule has 0 aromatic carbocycles. The lowest BCUT2D eigenvalue weighted by molar-refractivity contribution is 0.0475. The Kier molecular flexibility index (Phi) is 5.67. The third kappa shape index (κ3) is 4.25. The molecule has 2 rings (SSSR count). The number of hydrogen-bond acceptors (Lipinski definition) is 9. The van der Waals surface area contributed by atoms with Crippen LogP contribution in [0, 0.1) is 0 Å². The van der Waals surface area contributed by atoms with Crippen LogP contribution in [0.5, 0.6) is 0 Å². The molecule has 0 fully saturated rings. The normalized spacial score (nSPS) is 10.8. The maximum Gasteiger partial charge on any atom is 0.396 e. The number of unbranched alkanes of at least 4 members (excludes halogenated alkanes) is 1. The molecule has 0 atom stereocenters. The zero-order valence-electron chi connectivity index (χ0n) is 11.9. The van der Waals surface area contributed by atoms with Gasteiger partial charge in [0, 0.05) is 6.54 Å². The van der Waals surface area contributed by atoms with Gasteiger partial charge in [-0.25, -0.2) is 9.48 Å². The lowest BCUT2D eigenvalue weighted by Crippen LogP contribution is -2.05. The molecule has 10 heteroatoms. The first-order valence-corrected chi connectivity index (χ1v) is 7.61. The lowest BCUT2D eigenvalue weighted by Gasteiger charge is -2.01. The standard InChI is InChI=1S/C11H16N6O3S/c1-3-5-6-17-8(12-15-16-17)7-21-11-14-13-9(20-11)10(18)19-4-2/h3-7H2,1-2H3. The van der Waals surface area contributed by atoms with Crippen LogP contribution in [-0.4, -0.2) is 43.0 Å². The maximum atomic E-state index is 11.4. The molecular formula is C11H16N6O3S. The Hall–Kier alpha value is -1.97. The highest BCUT2D eigenvalue weighted by molar-refractivity contribution is 7.98. The summed E-state index contributed by atoms with van der Waals surface area (Å²) in [6.45, 7) is 4.85. The van der Waals surface area contributed by atoms with Gasteiger partial charge in [0.25, 0.3) is 5.22 Å². The number of hydrogen-bond donors (Lipinski definition) is 0. The van der Waals surface area contributed by atoms with Crippen molar-refractivity contribution in [2.75, 3.05) is 6.61 Å². The van der Waals surface area contributed by atoms with Crippen molar-refractivity contribution >= 4 is 17.7 Å². The van der Waals surface area contributed by atoms with E-state index in [1.54, 1.807) is 11.6 Å². The summed E-state index contributed by atoms with van der Waals surface area (Å²) in [7, 11) is 0. The van der Waals surface area contributed by atoms with Crippen LogP contribution in [0.2, 0.25) is 0 Å². The molecule has 0 amide bonds. The van der Waals surface area contributed by atoms with E-state index in [0.29, 0.717) is 5.75 Å². The highest BCUT2D eigenvalue weighted by Gasteiger charge is 2.17. The number of nitrogens with zero attached hydrogens (tertiary/aromatic N) is 6. The predicted octanol–water partition coefficient (Wildman–Crippen LogP) is 1.33. The van der Waals surface area contributed by atoms with Gasteiger partial charge in [-0.15, -0.1) is 10.2 Å². The molecule has 0 spiro atoms. The third-order valence-electron chi connectivity index (χ3n) is 2.51.